The van der Waals surface area contributed by atoms with Crippen molar-refractivity contribution in [2.75, 3.05) is 14.2 Å². The summed E-state index contributed by atoms with van der Waals surface area (Å²) in [6.07, 6.45) is 0. The van der Waals surface area contributed by atoms with Gasteiger partial charge in [-0.1, -0.05) is 0 Å². The molecule has 18 heavy (non-hydrogen) atoms. The maximum absolute atomic E-state index is 13.8. The molecular formula is C14H13FO3. The topological polar surface area (TPSA) is 38.7 Å². The number of benzene rings is 2. The van der Waals surface area contributed by atoms with E-state index in [0.717, 1.165) is 6.07 Å². The molecule has 0 aliphatic rings. The minimum atomic E-state index is -0.495. The molecule has 0 fully saturated rings. The van der Waals surface area contributed by atoms with Crippen LogP contribution in [0.1, 0.15) is 0 Å². The third-order valence-corrected chi connectivity index (χ3v) is 2.62. The van der Waals surface area contributed by atoms with Crippen LogP contribution in [-0.4, -0.2) is 19.3 Å². The van der Waals surface area contributed by atoms with Crippen molar-refractivity contribution < 1.29 is 19.0 Å². The Labute approximate surface area is 104 Å². The Balaban J connectivity index is 2.55. The molecule has 0 atom stereocenters. The monoisotopic (exact) mass is 248 g/mol. The van der Waals surface area contributed by atoms with Gasteiger partial charge in [-0.2, -0.15) is 0 Å². The van der Waals surface area contributed by atoms with Gasteiger partial charge in [-0.05, 0) is 29.8 Å². The van der Waals surface area contributed by atoms with Gasteiger partial charge in [0.15, 0.2) is 0 Å². The maximum atomic E-state index is 13.8. The summed E-state index contributed by atoms with van der Waals surface area (Å²) in [5.74, 6) is 0.560. The van der Waals surface area contributed by atoms with Crippen molar-refractivity contribution in [1.82, 2.24) is 0 Å². The average molecular weight is 248 g/mol. The van der Waals surface area contributed by atoms with Crippen molar-refractivity contribution in [3.63, 3.8) is 0 Å². The maximum Gasteiger partial charge on any atom is 0.134 e. The molecule has 0 spiro atoms. The van der Waals surface area contributed by atoms with Gasteiger partial charge >= 0.3 is 0 Å². The molecule has 0 saturated carbocycles. The van der Waals surface area contributed by atoms with E-state index in [1.54, 1.807) is 18.2 Å². The molecule has 94 valence electrons. The fourth-order valence-electron chi connectivity index (χ4n) is 1.70. The standard InChI is InChI=1S/C14H13FO3/c1-17-11-5-9(6-12(8-11)18-2)13-4-3-10(16)7-14(13)15/h3-8,16H,1-2H3. The number of ether oxygens (including phenoxy) is 2. The van der Waals surface area contributed by atoms with Crippen LogP contribution < -0.4 is 9.47 Å². The minimum absolute atomic E-state index is 0.105. The first-order valence-corrected chi connectivity index (χ1v) is 5.36. The summed E-state index contributed by atoms with van der Waals surface area (Å²) in [6.45, 7) is 0. The van der Waals surface area contributed by atoms with Gasteiger partial charge in [0.1, 0.15) is 23.1 Å². The molecule has 0 aromatic heterocycles. The van der Waals surface area contributed by atoms with Gasteiger partial charge in [0, 0.05) is 17.7 Å². The van der Waals surface area contributed by atoms with Crippen LogP contribution in [0.5, 0.6) is 17.2 Å². The number of hydrogen-bond acceptors (Lipinski definition) is 3. The summed E-state index contributed by atoms with van der Waals surface area (Å²) in [7, 11) is 3.07. The van der Waals surface area contributed by atoms with Crippen molar-refractivity contribution in [3.05, 3.63) is 42.2 Å². The largest absolute Gasteiger partial charge is 0.508 e. The van der Waals surface area contributed by atoms with E-state index in [-0.39, 0.29) is 5.75 Å². The number of methoxy groups -OCH3 is 2. The summed E-state index contributed by atoms with van der Waals surface area (Å²) >= 11 is 0. The first-order valence-electron chi connectivity index (χ1n) is 5.36. The van der Waals surface area contributed by atoms with E-state index in [4.69, 9.17) is 9.47 Å². The lowest BCUT2D eigenvalue weighted by Gasteiger charge is -2.09. The number of phenolic OH excluding ortho intramolecular Hbond substituents is 1. The Bertz CT molecular complexity index is 545. The lowest BCUT2D eigenvalue weighted by Crippen LogP contribution is -1.90. The van der Waals surface area contributed by atoms with Gasteiger partial charge in [-0.15, -0.1) is 0 Å². The molecule has 0 aliphatic heterocycles. The molecule has 3 nitrogen and oxygen atoms in total. The predicted octanol–water partition coefficient (Wildman–Crippen LogP) is 3.22. The van der Waals surface area contributed by atoms with E-state index in [9.17, 15) is 9.50 Å². The second kappa shape index (κ2) is 4.96. The van der Waals surface area contributed by atoms with E-state index < -0.39 is 5.82 Å². The van der Waals surface area contributed by atoms with Crippen LogP contribution in [0, 0.1) is 5.82 Å². The van der Waals surface area contributed by atoms with Crippen LogP contribution in [0.15, 0.2) is 36.4 Å². The van der Waals surface area contributed by atoms with E-state index in [2.05, 4.69) is 0 Å². The molecule has 0 aliphatic carbocycles. The summed E-state index contributed by atoms with van der Waals surface area (Å²) in [5.41, 5.74) is 1.01. The SMILES string of the molecule is COc1cc(OC)cc(-c2ccc(O)cc2F)c1. The first kappa shape index (κ1) is 12.2. The minimum Gasteiger partial charge on any atom is -0.508 e. The van der Waals surface area contributed by atoms with E-state index in [1.165, 1.54) is 26.4 Å². The third kappa shape index (κ3) is 2.37. The third-order valence-electron chi connectivity index (χ3n) is 2.62. The smallest absolute Gasteiger partial charge is 0.134 e. The van der Waals surface area contributed by atoms with Crippen LogP contribution in [0.2, 0.25) is 0 Å². The van der Waals surface area contributed by atoms with Crippen molar-refractivity contribution in [1.29, 1.82) is 0 Å². The van der Waals surface area contributed by atoms with Crippen molar-refractivity contribution in [2.24, 2.45) is 0 Å². The fourth-order valence-corrected chi connectivity index (χ4v) is 1.70. The van der Waals surface area contributed by atoms with Gasteiger partial charge < -0.3 is 14.6 Å². The normalized spacial score (nSPS) is 10.2. The predicted molar refractivity (Wildman–Crippen MR) is 66.6 cm³/mol. The quantitative estimate of drug-likeness (QED) is 0.906. The molecule has 4 heteroatoms. The zero-order valence-electron chi connectivity index (χ0n) is 10.1. The molecule has 0 saturated heterocycles. The molecule has 0 amide bonds. The Kier molecular flexibility index (Phi) is 3.37. The number of phenols is 1. The van der Waals surface area contributed by atoms with Gasteiger partial charge in [-0.25, -0.2) is 4.39 Å². The first-order chi connectivity index (χ1) is 8.63. The van der Waals surface area contributed by atoms with E-state index >= 15 is 0 Å². The zero-order valence-corrected chi connectivity index (χ0v) is 10.1. The molecule has 2 rings (SSSR count). The van der Waals surface area contributed by atoms with Crippen LogP contribution in [0.3, 0.4) is 0 Å². The molecular weight excluding hydrogens is 235 g/mol. The fraction of sp³-hybridized carbons (Fsp3) is 0.143. The molecule has 2 aromatic rings. The Hall–Kier alpha value is -2.23. The van der Waals surface area contributed by atoms with Gasteiger partial charge in [0.2, 0.25) is 0 Å². The van der Waals surface area contributed by atoms with Gasteiger partial charge in [0.25, 0.3) is 0 Å². The van der Waals surface area contributed by atoms with E-state index in [0.29, 0.717) is 22.6 Å². The zero-order chi connectivity index (χ0) is 13.1. The highest BCUT2D eigenvalue weighted by Crippen LogP contribution is 2.32. The summed E-state index contributed by atoms with van der Waals surface area (Å²) in [5, 5.41) is 9.20. The second-order valence-electron chi connectivity index (χ2n) is 3.77. The lowest BCUT2D eigenvalue weighted by molar-refractivity contribution is 0.394. The second-order valence-corrected chi connectivity index (χ2v) is 3.77. The van der Waals surface area contributed by atoms with Crippen molar-refractivity contribution in [3.8, 4) is 28.4 Å². The van der Waals surface area contributed by atoms with Crippen LogP contribution >= 0.6 is 0 Å². The highest BCUT2D eigenvalue weighted by atomic mass is 19.1. The van der Waals surface area contributed by atoms with Crippen molar-refractivity contribution >= 4 is 0 Å². The molecule has 0 bridgehead atoms. The Morgan fingerprint density at radius 3 is 2.06 bits per heavy atom. The molecule has 0 radical (unpaired) electrons. The van der Waals surface area contributed by atoms with Gasteiger partial charge in [0.05, 0.1) is 14.2 Å². The lowest BCUT2D eigenvalue weighted by atomic mass is 10.0. The summed E-state index contributed by atoms with van der Waals surface area (Å²) in [4.78, 5) is 0. The molecule has 2 aromatic carbocycles. The highest BCUT2D eigenvalue weighted by Gasteiger charge is 2.09. The average Bonchev–Trinajstić information content (AvgIpc) is 2.38. The number of rotatable bonds is 3. The summed E-state index contributed by atoms with van der Waals surface area (Å²) < 4.78 is 24.0. The number of hydrogen-bond donors (Lipinski definition) is 1. The number of halogens is 1. The Morgan fingerprint density at radius 1 is 0.944 bits per heavy atom. The van der Waals surface area contributed by atoms with Crippen LogP contribution in [0.25, 0.3) is 11.1 Å². The summed E-state index contributed by atoms with van der Waals surface area (Å²) in [6, 6.07) is 9.14. The molecule has 0 heterocycles. The van der Waals surface area contributed by atoms with E-state index in [1.807, 2.05) is 0 Å². The number of aromatic hydroxyl groups is 1. The molecule has 1 N–H and O–H groups in total. The van der Waals surface area contributed by atoms with Crippen molar-refractivity contribution in [2.45, 2.75) is 0 Å². The van der Waals surface area contributed by atoms with Gasteiger partial charge in [-0.3, -0.25) is 0 Å². The highest BCUT2D eigenvalue weighted by molar-refractivity contribution is 5.68. The van der Waals surface area contributed by atoms with Crippen LogP contribution in [-0.2, 0) is 0 Å². The van der Waals surface area contributed by atoms with Crippen LogP contribution in [0.4, 0.5) is 4.39 Å². The Morgan fingerprint density at radius 2 is 1.56 bits per heavy atom. The molecule has 0 unspecified atom stereocenters.